The van der Waals surface area contributed by atoms with Gasteiger partial charge < -0.3 is 5.32 Å². The Bertz CT molecular complexity index is 464. The molecule has 19 heavy (non-hydrogen) atoms. The number of hydrogen-bond donors (Lipinski definition) is 1. The maximum atomic E-state index is 13.5. The quantitative estimate of drug-likeness (QED) is 0.638. The fraction of sp³-hybridized carbons (Fsp3) is 0.538. The standard InChI is InChI=1S/C13H18F2N2O2/c1-4-12(8(2)3)16-7-9-5-13(17(18)19)11(15)6-10(9)14/h5-6,8,12,16H,4,7H2,1-3H3. The highest BCUT2D eigenvalue weighted by Crippen LogP contribution is 2.21. The molecule has 0 amide bonds. The maximum absolute atomic E-state index is 13.5. The summed E-state index contributed by atoms with van der Waals surface area (Å²) in [5, 5.41) is 13.7. The molecule has 0 bridgehead atoms. The molecule has 0 aromatic heterocycles. The summed E-state index contributed by atoms with van der Waals surface area (Å²) in [5.41, 5.74) is -0.594. The normalized spacial score (nSPS) is 12.7. The molecule has 1 rings (SSSR count). The highest BCUT2D eigenvalue weighted by atomic mass is 19.1. The second-order valence-corrected chi connectivity index (χ2v) is 4.79. The van der Waals surface area contributed by atoms with Crippen LogP contribution in [0.15, 0.2) is 12.1 Å². The van der Waals surface area contributed by atoms with Crippen LogP contribution in [-0.4, -0.2) is 11.0 Å². The minimum atomic E-state index is -1.15. The Kier molecular flexibility index (Phi) is 5.35. The van der Waals surface area contributed by atoms with Gasteiger partial charge in [-0.15, -0.1) is 0 Å². The van der Waals surface area contributed by atoms with E-state index >= 15 is 0 Å². The Hall–Kier alpha value is -1.56. The van der Waals surface area contributed by atoms with E-state index in [2.05, 4.69) is 5.32 Å². The van der Waals surface area contributed by atoms with E-state index in [1.165, 1.54) is 0 Å². The molecule has 0 spiro atoms. The van der Waals surface area contributed by atoms with Gasteiger partial charge in [0.1, 0.15) is 5.82 Å². The summed E-state index contributed by atoms with van der Waals surface area (Å²) >= 11 is 0. The molecule has 0 aliphatic heterocycles. The van der Waals surface area contributed by atoms with Crippen LogP contribution in [0, 0.1) is 27.7 Å². The Labute approximate surface area is 111 Å². The molecule has 0 saturated heterocycles. The van der Waals surface area contributed by atoms with Crippen LogP contribution in [0.5, 0.6) is 0 Å². The molecular formula is C13H18F2N2O2. The van der Waals surface area contributed by atoms with E-state index in [0.717, 1.165) is 12.5 Å². The SMILES string of the molecule is CCC(NCc1cc([N+](=O)[O-])c(F)cc1F)C(C)C. The zero-order valence-electron chi connectivity index (χ0n) is 11.2. The third kappa shape index (κ3) is 3.96. The third-order valence-corrected chi connectivity index (χ3v) is 3.11. The number of nitrogens with one attached hydrogen (secondary N) is 1. The number of nitro benzene ring substituents is 1. The highest BCUT2D eigenvalue weighted by molar-refractivity contribution is 5.37. The number of nitro groups is 1. The summed E-state index contributed by atoms with van der Waals surface area (Å²) in [7, 11) is 0. The van der Waals surface area contributed by atoms with Gasteiger partial charge in [0.15, 0.2) is 0 Å². The van der Waals surface area contributed by atoms with Gasteiger partial charge in [-0.2, -0.15) is 4.39 Å². The summed E-state index contributed by atoms with van der Waals surface area (Å²) in [6.45, 7) is 6.21. The third-order valence-electron chi connectivity index (χ3n) is 3.11. The van der Waals surface area contributed by atoms with Crippen molar-refractivity contribution >= 4 is 5.69 Å². The van der Waals surface area contributed by atoms with E-state index in [1.54, 1.807) is 0 Å². The molecule has 1 atom stereocenters. The van der Waals surface area contributed by atoms with Crippen LogP contribution in [0.4, 0.5) is 14.5 Å². The van der Waals surface area contributed by atoms with Crippen LogP contribution < -0.4 is 5.32 Å². The molecule has 0 aliphatic carbocycles. The number of rotatable bonds is 6. The van der Waals surface area contributed by atoms with Crippen LogP contribution in [0.25, 0.3) is 0 Å². The Morgan fingerprint density at radius 2 is 1.95 bits per heavy atom. The lowest BCUT2D eigenvalue weighted by molar-refractivity contribution is -0.387. The van der Waals surface area contributed by atoms with Crippen molar-refractivity contribution in [1.82, 2.24) is 5.32 Å². The maximum Gasteiger partial charge on any atom is 0.305 e. The van der Waals surface area contributed by atoms with Crippen LogP contribution in [0.2, 0.25) is 0 Å². The monoisotopic (exact) mass is 272 g/mol. The zero-order chi connectivity index (χ0) is 14.6. The smallest absolute Gasteiger partial charge is 0.305 e. The van der Waals surface area contributed by atoms with E-state index in [-0.39, 0.29) is 18.2 Å². The largest absolute Gasteiger partial charge is 0.310 e. The minimum Gasteiger partial charge on any atom is -0.310 e. The van der Waals surface area contributed by atoms with E-state index in [1.807, 2.05) is 20.8 Å². The molecule has 0 fully saturated rings. The average Bonchev–Trinajstić information content (AvgIpc) is 2.31. The van der Waals surface area contributed by atoms with Crippen molar-refractivity contribution in [2.45, 2.75) is 39.8 Å². The lowest BCUT2D eigenvalue weighted by Crippen LogP contribution is -2.32. The first-order valence-electron chi connectivity index (χ1n) is 6.22. The number of benzene rings is 1. The lowest BCUT2D eigenvalue weighted by atomic mass is 10.0. The first kappa shape index (κ1) is 15.5. The van der Waals surface area contributed by atoms with Crippen LogP contribution in [0.1, 0.15) is 32.8 Å². The molecule has 4 nitrogen and oxygen atoms in total. The number of halogens is 2. The molecule has 6 heteroatoms. The molecule has 1 aromatic rings. The Morgan fingerprint density at radius 3 is 2.42 bits per heavy atom. The second-order valence-electron chi connectivity index (χ2n) is 4.79. The fourth-order valence-electron chi connectivity index (χ4n) is 1.95. The summed E-state index contributed by atoms with van der Waals surface area (Å²) in [6.07, 6.45) is 0.864. The van der Waals surface area contributed by atoms with E-state index in [9.17, 15) is 18.9 Å². The van der Waals surface area contributed by atoms with Crippen LogP contribution >= 0.6 is 0 Å². The first-order chi connectivity index (χ1) is 8.86. The van der Waals surface area contributed by atoms with E-state index in [4.69, 9.17) is 0 Å². The zero-order valence-corrected chi connectivity index (χ0v) is 11.2. The molecule has 0 aliphatic rings. The lowest BCUT2D eigenvalue weighted by Gasteiger charge is -2.20. The van der Waals surface area contributed by atoms with Crippen LogP contribution in [0.3, 0.4) is 0 Å². The van der Waals surface area contributed by atoms with E-state index < -0.39 is 22.2 Å². The first-order valence-corrected chi connectivity index (χ1v) is 6.22. The van der Waals surface area contributed by atoms with Gasteiger partial charge in [0, 0.05) is 30.3 Å². The topological polar surface area (TPSA) is 55.2 Å². The second kappa shape index (κ2) is 6.56. The Balaban J connectivity index is 2.89. The molecule has 106 valence electrons. The van der Waals surface area contributed by atoms with Crippen molar-refractivity contribution in [3.63, 3.8) is 0 Å². The highest BCUT2D eigenvalue weighted by Gasteiger charge is 2.19. The van der Waals surface area contributed by atoms with Crippen molar-refractivity contribution < 1.29 is 13.7 Å². The van der Waals surface area contributed by atoms with Gasteiger partial charge in [0.05, 0.1) is 4.92 Å². The molecule has 0 saturated carbocycles. The Morgan fingerprint density at radius 1 is 1.32 bits per heavy atom. The summed E-state index contributed by atoms with van der Waals surface area (Å²) in [4.78, 5) is 9.76. The van der Waals surface area contributed by atoms with Gasteiger partial charge >= 0.3 is 5.69 Å². The predicted molar refractivity (Wildman–Crippen MR) is 68.8 cm³/mol. The summed E-state index contributed by atoms with van der Waals surface area (Å²) < 4.78 is 26.7. The van der Waals surface area contributed by atoms with Gasteiger partial charge in [0.2, 0.25) is 5.82 Å². The van der Waals surface area contributed by atoms with Crippen molar-refractivity contribution in [1.29, 1.82) is 0 Å². The van der Waals surface area contributed by atoms with Crippen LogP contribution in [-0.2, 0) is 6.54 Å². The molecule has 0 heterocycles. The van der Waals surface area contributed by atoms with Crippen molar-refractivity contribution in [3.8, 4) is 0 Å². The van der Waals surface area contributed by atoms with Gasteiger partial charge in [0.25, 0.3) is 0 Å². The average molecular weight is 272 g/mol. The van der Waals surface area contributed by atoms with Crippen molar-refractivity contribution in [3.05, 3.63) is 39.4 Å². The van der Waals surface area contributed by atoms with Crippen molar-refractivity contribution in [2.75, 3.05) is 0 Å². The number of hydrogen-bond acceptors (Lipinski definition) is 3. The van der Waals surface area contributed by atoms with Gasteiger partial charge in [-0.1, -0.05) is 20.8 Å². The molecular weight excluding hydrogens is 254 g/mol. The van der Waals surface area contributed by atoms with Crippen molar-refractivity contribution in [2.24, 2.45) is 5.92 Å². The molecule has 1 aromatic carbocycles. The minimum absolute atomic E-state index is 0.104. The van der Waals surface area contributed by atoms with Gasteiger partial charge in [-0.05, 0) is 12.3 Å². The molecule has 1 N–H and O–H groups in total. The summed E-state index contributed by atoms with van der Waals surface area (Å²) in [6, 6.07) is 1.69. The van der Waals surface area contributed by atoms with Gasteiger partial charge in [-0.3, -0.25) is 10.1 Å². The van der Waals surface area contributed by atoms with Gasteiger partial charge in [-0.25, -0.2) is 4.39 Å². The summed E-state index contributed by atoms with van der Waals surface area (Å²) in [5.74, 6) is -1.56. The molecule has 1 unspecified atom stereocenters. The number of nitrogens with zero attached hydrogens (tertiary/aromatic N) is 1. The fourth-order valence-corrected chi connectivity index (χ4v) is 1.95. The van der Waals surface area contributed by atoms with E-state index in [0.29, 0.717) is 12.0 Å². The predicted octanol–water partition coefficient (Wildman–Crippen LogP) is 3.40. The molecule has 0 radical (unpaired) electrons.